The van der Waals surface area contributed by atoms with Crippen LogP contribution >= 0.6 is 0 Å². The van der Waals surface area contributed by atoms with Crippen LogP contribution in [0.15, 0.2) is 72.8 Å². The molecule has 4 nitrogen and oxygen atoms in total. The highest BCUT2D eigenvalue weighted by Crippen LogP contribution is 2.26. The molecule has 0 heterocycles. The fourth-order valence-electron chi connectivity index (χ4n) is 2.56. The predicted molar refractivity (Wildman–Crippen MR) is 99.4 cm³/mol. The van der Waals surface area contributed by atoms with E-state index in [4.69, 9.17) is 9.47 Å². The van der Waals surface area contributed by atoms with Gasteiger partial charge in [0.2, 0.25) is 0 Å². The van der Waals surface area contributed by atoms with Crippen molar-refractivity contribution in [2.75, 3.05) is 19.5 Å². The zero-order chi connectivity index (χ0) is 17.6. The third-order valence-corrected chi connectivity index (χ3v) is 3.90. The van der Waals surface area contributed by atoms with Gasteiger partial charge in [-0.15, -0.1) is 0 Å². The van der Waals surface area contributed by atoms with Crippen molar-refractivity contribution in [3.63, 3.8) is 0 Å². The molecule has 3 aromatic rings. The molecule has 0 saturated carbocycles. The Bertz CT molecular complexity index is 858. The lowest BCUT2D eigenvalue weighted by Crippen LogP contribution is -2.13. The second-order valence-electron chi connectivity index (χ2n) is 5.46. The molecule has 126 valence electrons. The van der Waals surface area contributed by atoms with Gasteiger partial charge in [-0.3, -0.25) is 4.79 Å². The maximum atomic E-state index is 12.5. The number of carbonyl (C=O) groups excluding carboxylic acids is 1. The lowest BCUT2D eigenvalue weighted by atomic mass is 10.1. The number of ether oxygens (including phenoxy) is 2. The minimum atomic E-state index is -0.230. The van der Waals surface area contributed by atoms with Crippen molar-refractivity contribution in [1.29, 1.82) is 0 Å². The van der Waals surface area contributed by atoms with Crippen molar-refractivity contribution >= 4 is 11.6 Å². The van der Waals surface area contributed by atoms with Crippen molar-refractivity contribution in [3.05, 3.63) is 78.4 Å². The van der Waals surface area contributed by atoms with Gasteiger partial charge in [-0.2, -0.15) is 0 Å². The van der Waals surface area contributed by atoms with Crippen LogP contribution in [0.1, 0.15) is 10.4 Å². The van der Waals surface area contributed by atoms with Crippen molar-refractivity contribution in [3.8, 4) is 22.6 Å². The largest absolute Gasteiger partial charge is 0.497 e. The van der Waals surface area contributed by atoms with E-state index in [0.29, 0.717) is 17.1 Å². The summed E-state index contributed by atoms with van der Waals surface area (Å²) in [4.78, 5) is 12.5. The first kappa shape index (κ1) is 16.6. The van der Waals surface area contributed by atoms with Crippen LogP contribution in [-0.4, -0.2) is 20.1 Å². The molecule has 0 aromatic heterocycles. The van der Waals surface area contributed by atoms with Crippen molar-refractivity contribution in [1.82, 2.24) is 0 Å². The van der Waals surface area contributed by atoms with Gasteiger partial charge in [-0.25, -0.2) is 0 Å². The van der Waals surface area contributed by atoms with Gasteiger partial charge in [-0.05, 0) is 35.4 Å². The third-order valence-electron chi connectivity index (χ3n) is 3.90. The van der Waals surface area contributed by atoms with Gasteiger partial charge in [0.1, 0.15) is 11.5 Å². The number of amides is 1. The minimum Gasteiger partial charge on any atom is -0.497 e. The molecule has 0 atom stereocenters. The molecule has 0 spiro atoms. The Hall–Kier alpha value is -3.27. The summed E-state index contributed by atoms with van der Waals surface area (Å²) in [6.07, 6.45) is 0. The van der Waals surface area contributed by atoms with Crippen LogP contribution in [0.5, 0.6) is 11.5 Å². The molecule has 25 heavy (non-hydrogen) atoms. The molecule has 0 bridgehead atoms. The number of benzene rings is 3. The van der Waals surface area contributed by atoms with Crippen molar-refractivity contribution in [2.24, 2.45) is 0 Å². The first-order valence-electron chi connectivity index (χ1n) is 7.90. The predicted octanol–water partition coefficient (Wildman–Crippen LogP) is 4.62. The molecule has 0 saturated heterocycles. The first-order chi connectivity index (χ1) is 12.2. The molecule has 4 heteroatoms. The number of methoxy groups -OCH3 is 2. The summed E-state index contributed by atoms with van der Waals surface area (Å²) in [6, 6.07) is 22.9. The quantitative estimate of drug-likeness (QED) is 0.741. The molecule has 1 N–H and O–H groups in total. The van der Waals surface area contributed by atoms with Gasteiger partial charge in [0.25, 0.3) is 5.91 Å². The highest BCUT2D eigenvalue weighted by molar-refractivity contribution is 6.06. The maximum Gasteiger partial charge on any atom is 0.259 e. The highest BCUT2D eigenvalue weighted by Gasteiger charge is 2.13. The molecule has 0 aliphatic rings. The Morgan fingerprint density at radius 3 is 2.12 bits per heavy atom. The van der Waals surface area contributed by atoms with Gasteiger partial charge in [-0.1, -0.05) is 42.5 Å². The molecule has 0 aliphatic carbocycles. The summed E-state index contributed by atoms with van der Waals surface area (Å²) in [5, 5.41) is 2.89. The maximum absolute atomic E-state index is 12.5. The molecular formula is C21H19NO3. The topological polar surface area (TPSA) is 47.6 Å². The molecule has 0 aliphatic heterocycles. The zero-order valence-corrected chi connectivity index (χ0v) is 14.2. The van der Waals surface area contributed by atoms with E-state index in [9.17, 15) is 4.79 Å². The number of rotatable bonds is 5. The highest BCUT2D eigenvalue weighted by atomic mass is 16.5. The van der Waals surface area contributed by atoms with Crippen LogP contribution in [-0.2, 0) is 0 Å². The minimum absolute atomic E-state index is 0.230. The number of hydrogen-bond acceptors (Lipinski definition) is 3. The van der Waals surface area contributed by atoms with Crippen LogP contribution in [0.25, 0.3) is 11.1 Å². The lowest BCUT2D eigenvalue weighted by molar-refractivity contribution is 0.102. The Kier molecular flexibility index (Phi) is 5.00. The van der Waals surface area contributed by atoms with E-state index in [1.807, 2.05) is 42.5 Å². The average molecular weight is 333 g/mol. The molecule has 1 amide bonds. The van der Waals surface area contributed by atoms with Crippen LogP contribution in [0.4, 0.5) is 5.69 Å². The van der Waals surface area contributed by atoms with Crippen molar-refractivity contribution in [2.45, 2.75) is 0 Å². The Morgan fingerprint density at radius 1 is 0.800 bits per heavy atom. The van der Waals surface area contributed by atoms with E-state index in [1.54, 1.807) is 25.3 Å². The van der Waals surface area contributed by atoms with E-state index in [2.05, 4.69) is 17.4 Å². The van der Waals surface area contributed by atoms with E-state index in [1.165, 1.54) is 7.11 Å². The summed E-state index contributed by atoms with van der Waals surface area (Å²) in [5.41, 5.74) is 3.41. The van der Waals surface area contributed by atoms with Gasteiger partial charge >= 0.3 is 0 Å². The van der Waals surface area contributed by atoms with Crippen LogP contribution < -0.4 is 14.8 Å². The monoisotopic (exact) mass is 333 g/mol. The first-order valence-corrected chi connectivity index (χ1v) is 7.90. The van der Waals surface area contributed by atoms with Crippen molar-refractivity contribution < 1.29 is 14.3 Å². The zero-order valence-electron chi connectivity index (χ0n) is 14.2. The smallest absolute Gasteiger partial charge is 0.259 e. The van der Waals surface area contributed by atoms with Gasteiger partial charge in [0.05, 0.1) is 19.8 Å². The molecular weight excluding hydrogens is 314 g/mol. The van der Waals surface area contributed by atoms with Crippen LogP contribution in [0.2, 0.25) is 0 Å². The molecule has 3 aromatic carbocycles. The fraction of sp³-hybridized carbons (Fsp3) is 0.0952. The lowest BCUT2D eigenvalue weighted by Gasteiger charge is -2.11. The Morgan fingerprint density at radius 2 is 1.48 bits per heavy atom. The molecule has 3 rings (SSSR count). The van der Waals surface area contributed by atoms with Gasteiger partial charge in [0.15, 0.2) is 0 Å². The second kappa shape index (κ2) is 7.53. The van der Waals surface area contributed by atoms with Crippen LogP contribution in [0, 0.1) is 0 Å². The van der Waals surface area contributed by atoms with E-state index in [-0.39, 0.29) is 5.91 Å². The van der Waals surface area contributed by atoms with E-state index in [0.717, 1.165) is 16.8 Å². The molecule has 0 fully saturated rings. The Balaban J connectivity index is 1.77. The number of hydrogen-bond donors (Lipinski definition) is 1. The van der Waals surface area contributed by atoms with Gasteiger partial charge < -0.3 is 14.8 Å². The number of carbonyl (C=O) groups is 1. The summed E-state index contributed by atoms with van der Waals surface area (Å²) < 4.78 is 10.4. The molecule has 0 unspecified atom stereocenters. The standard InChI is InChI=1S/C21H19NO3/c1-24-18-12-13-19(20(14-18)25-2)21(23)22-17-10-8-16(9-11-17)15-6-4-3-5-7-15/h3-14H,1-2H3,(H,22,23). The average Bonchev–Trinajstić information content (AvgIpc) is 2.68. The normalized spacial score (nSPS) is 10.2. The second-order valence-corrected chi connectivity index (χ2v) is 5.46. The summed E-state index contributed by atoms with van der Waals surface area (Å²) in [6.45, 7) is 0. The fourth-order valence-corrected chi connectivity index (χ4v) is 2.56. The summed E-state index contributed by atoms with van der Waals surface area (Å²) in [7, 11) is 3.10. The van der Waals surface area contributed by atoms with E-state index < -0.39 is 0 Å². The third kappa shape index (κ3) is 3.80. The number of anilines is 1. The Labute approximate surface area is 147 Å². The van der Waals surface area contributed by atoms with Crippen LogP contribution in [0.3, 0.4) is 0 Å². The summed E-state index contributed by atoms with van der Waals surface area (Å²) in [5.74, 6) is 0.880. The SMILES string of the molecule is COc1ccc(C(=O)Nc2ccc(-c3ccccc3)cc2)c(OC)c1. The van der Waals surface area contributed by atoms with Gasteiger partial charge in [0, 0.05) is 11.8 Å². The summed E-state index contributed by atoms with van der Waals surface area (Å²) >= 11 is 0. The van der Waals surface area contributed by atoms with E-state index >= 15 is 0 Å². The molecule has 0 radical (unpaired) electrons. The number of nitrogens with one attached hydrogen (secondary N) is 1.